The molecule has 0 aromatic rings. The van der Waals surface area contributed by atoms with E-state index in [9.17, 15) is 0 Å². The normalized spacial score (nSPS) is 24.7. The first-order valence-corrected chi connectivity index (χ1v) is 5.37. The lowest BCUT2D eigenvalue weighted by atomic mass is 9.62. The van der Waals surface area contributed by atoms with E-state index in [4.69, 9.17) is 0 Å². The van der Waals surface area contributed by atoms with E-state index < -0.39 is 0 Å². The topological polar surface area (TPSA) is 0 Å². The Hall–Kier alpha value is -0.130. The monoisotopic (exact) mass is 167 g/mol. The summed E-state index contributed by atoms with van der Waals surface area (Å²) in [5.41, 5.74) is 0.663. The summed E-state index contributed by atoms with van der Waals surface area (Å²) in [4.78, 5) is 0. The molecule has 1 atom stereocenters. The first-order valence-electron chi connectivity index (χ1n) is 5.37. The van der Waals surface area contributed by atoms with Gasteiger partial charge in [0.05, 0.1) is 19.3 Å². The molecule has 0 spiro atoms. The van der Waals surface area contributed by atoms with Crippen molar-refractivity contribution in [1.82, 2.24) is 0 Å². The molecule has 12 heavy (non-hydrogen) atoms. The fraction of sp³-hybridized carbons (Fsp3) is 0.917. The molecule has 1 unspecified atom stereocenters. The largest absolute Gasteiger partial charge is 0.0974 e. The Morgan fingerprint density at radius 1 is 1.42 bits per heavy atom. The zero-order valence-corrected chi connectivity index (χ0v) is 9.06. The Bertz CT molecular complexity index is 123. The summed E-state index contributed by atoms with van der Waals surface area (Å²) in [6, 6.07) is 0. The van der Waals surface area contributed by atoms with E-state index in [0.29, 0.717) is 5.41 Å². The Morgan fingerprint density at radius 3 is 2.33 bits per heavy atom. The van der Waals surface area contributed by atoms with Crippen molar-refractivity contribution in [2.24, 2.45) is 17.3 Å². The fourth-order valence-electron chi connectivity index (χ4n) is 2.64. The van der Waals surface area contributed by atoms with E-state index in [1.165, 1.54) is 25.7 Å². The van der Waals surface area contributed by atoms with Gasteiger partial charge in [-0.05, 0) is 37.0 Å². The summed E-state index contributed by atoms with van der Waals surface area (Å²) in [6.07, 6.45) is 8.06. The number of hydrogen-bond donors (Lipinski definition) is 0. The van der Waals surface area contributed by atoms with Crippen molar-refractivity contribution in [3.05, 3.63) is 6.42 Å². The quantitative estimate of drug-likeness (QED) is 0.554. The summed E-state index contributed by atoms with van der Waals surface area (Å²) in [5, 5.41) is 0. The zero-order chi connectivity index (χ0) is 9.19. The Balaban J connectivity index is 2.17. The molecule has 1 aliphatic carbocycles. The van der Waals surface area contributed by atoms with Crippen molar-refractivity contribution in [3.63, 3.8) is 0 Å². The maximum Gasteiger partial charge on any atom is 0.0974 e. The third kappa shape index (κ3) is 2.43. The van der Waals surface area contributed by atoms with Gasteiger partial charge >= 0.3 is 0 Å². The standard InChI is InChI=1S/C12H23/c1-5-10(6-2)7-11-8-12(3,4)9-11/h5,10-11H,6-9H2,1-4H3/q+1. The minimum absolute atomic E-state index is 0.663. The highest BCUT2D eigenvalue weighted by Gasteiger charge is 2.37. The molecule has 0 radical (unpaired) electrons. The Morgan fingerprint density at radius 2 is 2.00 bits per heavy atom. The van der Waals surface area contributed by atoms with Crippen LogP contribution in [0.4, 0.5) is 0 Å². The van der Waals surface area contributed by atoms with Crippen LogP contribution >= 0.6 is 0 Å². The van der Waals surface area contributed by atoms with Gasteiger partial charge in [0.15, 0.2) is 0 Å². The van der Waals surface area contributed by atoms with Crippen LogP contribution in [0, 0.1) is 23.7 Å². The lowest BCUT2D eigenvalue weighted by Gasteiger charge is -2.43. The minimum Gasteiger partial charge on any atom is -0.0610 e. The minimum atomic E-state index is 0.663. The first-order chi connectivity index (χ1) is 5.57. The van der Waals surface area contributed by atoms with E-state index >= 15 is 0 Å². The lowest BCUT2D eigenvalue weighted by molar-refractivity contribution is 0.0789. The van der Waals surface area contributed by atoms with Gasteiger partial charge in [0.1, 0.15) is 0 Å². The first kappa shape index (κ1) is 9.95. The van der Waals surface area contributed by atoms with E-state index in [1.807, 2.05) is 0 Å². The summed E-state index contributed by atoms with van der Waals surface area (Å²) >= 11 is 0. The maximum absolute atomic E-state index is 2.39. The predicted molar refractivity (Wildman–Crippen MR) is 54.9 cm³/mol. The summed E-state index contributed by atoms with van der Waals surface area (Å²) in [6.45, 7) is 9.28. The average molecular weight is 167 g/mol. The highest BCUT2D eigenvalue weighted by atomic mass is 14.4. The summed E-state index contributed by atoms with van der Waals surface area (Å²) in [5.74, 6) is 1.91. The summed E-state index contributed by atoms with van der Waals surface area (Å²) in [7, 11) is 0. The summed E-state index contributed by atoms with van der Waals surface area (Å²) < 4.78 is 0. The van der Waals surface area contributed by atoms with Crippen LogP contribution in [0.25, 0.3) is 0 Å². The van der Waals surface area contributed by atoms with Crippen LogP contribution in [0.15, 0.2) is 0 Å². The Labute approximate surface area is 77.7 Å². The van der Waals surface area contributed by atoms with Gasteiger partial charge in [-0.1, -0.05) is 20.8 Å². The van der Waals surface area contributed by atoms with Crippen LogP contribution < -0.4 is 0 Å². The molecule has 1 saturated carbocycles. The SMILES string of the molecule is C[CH+]C(CC)CC1CC(C)(C)C1. The van der Waals surface area contributed by atoms with Crippen molar-refractivity contribution in [3.8, 4) is 0 Å². The van der Waals surface area contributed by atoms with Crippen molar-refractivity contribution in [2.75, 3.05) is 0 Å². The highest BCUT2D eigenvalue weighted by molar-refractivity contribution is 4.89. The molecule has 0 heterocycles. The lowest BCUT2D eigenvalue weighted by Crippen LogP contribution is -2.32. The zero-order valence-electron chi connectivity index (χ0n) is 9.06. The van der Waals surface area contributed by atoms with Crippen molar-refractivity contribution in [1.29, 1.82) is 0 Å². The van der Waals surface area contributed by atoms with Crippen LogP contribution in [-0.4, -0.2) is 0 Å². The fourth-order valence-corrected chi connectivity index (χ4v) is 2.64. The second-order valence-electron chi connectivity index (χ2n) is 5.18. The van der Waals surface area contributed by atoms with Gasteiger partial charge in [-0.25, -0.2) is 0 Å². The molecule has 1 aliphatic rings. The molecule has 70 valence electrons. The van der Waals surface area contributed by atoms with Crippen LogP contribution in [0.3, 0.4) is 0 Å². The molecule has 0 heteroatoms. The average Bonchev–Trinajstić information content (AvgIpc) is 1.96. The van der Waals surface area contributed by atoms with Gasteiger partial charge in [0.25, 0.3) is 0 Å². The van der Waals surface area contributed by atoms with Gasteiger partial charge in [-0.3, -0.25) is 0 Å². The van der Waals surface area contributed by atoms with Gasteiger partial charge < -0.3 is 0 Å². The van der Waals surface area contributed by atoms with Crippen LogP contribution in [0.5, 0.6) is 0 Å². The molecule has 0 aromatic carbocycles. The maximum atomic E-state index is 2.39. The molecule has 0 amide bonds. The Kier molecular flexibility index (Phi) is 3.09. The van der Waals surface area contributed by atoms with Crippen molar-refractivity contribution >= 4 is 0 Å². The third-order valence-corrected chi connectivity index (χ3v) is 3.31. The van der Waals surface area contributed by atoms with Crippen LogP contribution in [0.1, 0.15) is 53.4 Å². The number of hydrogen-bond acceptors (Lipinski definition) is 0. The van der Waals surface area contributed by atoms with Gasteiger partial charge in [0.2, 0.25) is 0 Å². The van der Waals surface area contributed by atoms with E-state index in [1.54, 1.807) is 0 Å². The second kappa shape index (κ2) is 3.72. The second-order valence-corrected chi connectivity index (χ2v) is 5.18. The molecule has 0 aromatic heterocycles. The third-order valence-electron chi connectivity index (χ3n) is 3.31. The van der Waals surface area contributed by atoms with Gasteiger partial charge in [0, 0.05) is 0 Å². The molecule has 0 N–H and O–H groups in total. The van der Waals surface area contributed by atoms with Gasteiger partial charge in [-0.2, -0.15) is 0 Å². The molecule has 0 aliphatic heterocycles. The van der Waals surface area contributed by atoms with E-state index in [-0.39, 0.29) is 0 Å². The van der Waals surface area contributed by atoms with Crippen LogP contribution in [-0.2, 0) is 0 Å². The number of rotatable bonds is 4. The van der Waals surface area contributed by atoms with Crippen LogP contribution in [0.2, 0.25) is 0 Å². The van der Waals surface area contributed by atoms with Crippen molar-refractivity contribution in [2.45, 2.75) is 53.4 Å². The molecular weight excluding hydrogens is 144 g/mol. The van der Waals surface area contributed by atoms with E-state index in [0.717, 1.165) is 11.8 Å². The predicted octanol–water partition coefficient (Wildman–Crippen LogP) is 4.06. The molecule has 1 fully saturated rings. The van der Waals surface area contributed by atoms with E-state index in [2.05, 4.69) is 34.1 Å². The van der Waals surface area contributed by atoms with Gasteiger partial charge in [-0.15, -0.1) is 0 Å². The molecule has 0 nitrogen and oxygen atoms in total. The smallest absolute Gasteiger partial charge is 0.0610 e. The molecule has 0 saturated heterocycles. The molecule has 1 rings (SSSR count). The molecule has 0 bridgehead atoms. The highest BCUT2D eigenvalue weighted by Crippen LogP contribution is 2.47. The van der Waals surface area contributed by atoms with Crippen molar-refractivity contribution < 1.29 is 0 Å². The molecular formula is C12H23+.